The van der Waals surface area contributed by atoms with Crippen molar-refractivity contribution in [2.45, 2.75) is 32.7 Å². The molecule has 144 valence electrons. The van der Waals surface area contributed by atoms with Crippen molar-refractivity contribution in [2.75, 3.05) is 33.0 Å². The van der Waals surface area contributed by atoms with Crippen LogP contribution in [0.15, 0.2) is 23.1 Å². The minimum Gasteiger partial charge on any atom is -0.461 e. The second-order valence-corrected chi connectivity index (χ2v) is 6.92. The standard InChI is InChI=1S/C20H24N2O5/c1-2-22-12-15(20(24)25-9-8-21-6-4-3-5-7-21)19(23)14-10-17-18(11-16(14)22)27-13-26-17/h10-12H,2-9,13H2,1H3. The Labute approximate surface area is 157 Å². The van der Waals surface area contributed by atoms with E-state index in [1.54, 1.807) is 18.3 Å². The van der Waals surface area contributed by atoms with E-state index >= 15 is 0 Å². The summed E-state index contributed by atoms with van der Waals surface area (Å²) in [6.07, 6.45) is 5.23. The molecule has 1 aromatic heterocycles. The number of carbonyl (C=O) groups is 1. The summed E-state index contributed by atoms with van der Waals surface area (Å²) in [5.41, 5.74) is 0.439. The van der Waals surface area contributed by atoms with E-state index in [0.717, 1.165) is 18.6 Å². The maximum atomic E-state index is 12.9. The number of piperidine rings is 1. The molecule has 0 aliphatic carbocycles. The van der Waals surface area contributed by atoms with Crippen LogP contribution in [-0.4, -0.2) is 48.5 Å². The fraction of sp³-hybridized carbons (Fsp3) is 0.500. The number of fused-ring (bicyclic) bond motifs is 2. The number of benzene rings is 1. The Hall–Kier alpha value is -2.54. The fourth-order valence-corrected chi connectivity index (χ4v) is 3.72. The number of hydrogen-bond donors (Lipinski definition) is 0. The van der Waals surface area contributed by atoms with Crippen LogP contribution in [0.5, 0.6) is 11.5 Å². The Bertz CT molecular complexity index is 915. The van der Waals surface area contributed by atoms with Gasteiger partial charge in [-0.3, -0.25) is 9.69 Å². The van der Waals surface area contributed by atoms with Gasteiger partial charge in [-0.25, -0.2) is 4.79 Å². The highest BCUT2D eigenvalue weighted by Crippen LogP contribution is 2.35. The second kappa shape index (κ2) is 7.60. The van der Waals surface area contributed by atoms with Crippen molar-refractivity contribution >= 4 is 16.9 Å². The van der Waals surface area contributed by atoms with E-state index < -0.39 is 5.97 Å². The quantitative estimate of drug-likeness (QED) is 0.751. The average Bonchev–Trinajstić information content (AvgIpc) is 3.15. The normalized spacial score (nSPS) is 16.6. The van der Waals surface area contributed by atoms with Crippen LogP contribution in [0, 0.1) is 0 Å². The largest absolute Gasteiger partial charge is 0.461 e. The number of aryl methyl sites for hydroxylation is 1. The number of nitrogens with zero attached hydrogens (tertiary/aromatic N) is 2. The van der Waals surface area contributed by atoms with Crippen molar-refractivity contribution in [2.24, 2.45) is 0 Å². The van der Waals surface area contributed by atoms with Gasteiger partial charge in [0.15, 0.2) is 11.5 Å². The smallest absolute Gasteiger partial charge is 0.343 e. The second-order valence-electron chi connectivity index (χ2n) is 6.92. The zero-order chi connectivity index (χ0) is 18.8. The lowest BCUT2D eigenvalue weighted by atomic mass is 10.1. The monoisotopic (exact) mass is 372 g/mol. The van der Waals surface area contributed by atoms with E-state index in [4.69, 9.17) is 14.2 Å². The van der Waals surface area contributed by atoms with Crippen molar-refractivity contribution in [3.63, 3.8) is 0 Å². The van der Waals surface area contributed by atoms with E-state index in [1.165, 1.54) is 19.3 Å². The van der Waals surface area contributed by atoms with E-state index in [9.17, 15) is 9.59 Å². The molecule has 7 nitrogen and oxygen atoms in total. The van der Waals surface area contributed by atoms with Crippen molar-refractivity contribution in [1.29, 1.82) is 0 Å². The molecule has 2 aliphatic heterocycles. The van der Waals surface area contributed by atoms with Gasteiger partial charge in [-0.1, -0.05) is 6.42 Å². The summed E-state index contributed by atoms with van der Waals surface area (Å²) in [5.74, 6) is 0.567. The molecule has 1 fully saturated rings. The number of rotatable bonds is 5. The van der Waals surface area contributed by atoms with Gasteiger partial charge in [0.25, 0.3) is 0 Å². The van der Waals surface area contributed by atoms with E-state index in [1.807, 2.05) is 11.5 Å². The molecule has 3 heterocycles. The van der Waals surface area contributed by atoms with Crippen LogP contribution < -0.4 is 14.9 Å². The maximum Gasteiger partial charge on any atom is 0.343 e. The predicted molar refractivity (Wildman–Crippen MR) is 101 cm³/mol. The minimum absolute atomic E-state index is 0.0573. The van der Waals surface area contributed by atoms with Crippen LogP contribution in [0.25, 0.3) is 10.9 Å². The number of carbonyl (C=O) groups excluding carboxylic acids is 1. The lowest BCUT2D eigenvalue weighted by molar-refractivity contribution is 0.0450. The molecule has 0 N–H and O–H groups in total. The third-order valence-corrected chi connectivity index (χ3v) is 5.22. The number of pyridine rings is 1. The molecule has 7 heteroatoms. The molecular weight excluding hydrogens is 348 g/mol. The third-order valence-electron chi connectivity index (χ3n) is 5.22. The van der Waals surface area contributed by atoms with Crippen molar-refractivity contribution < 1.29 is 19.0 Å². The molecule has 27 heavy (non-hydrogen) atoms. The van der Waals surface area contributed by atoms with Gasteiger partial charge in [-0.05, 0) is 38.9 Å². The topological polar surface area (TPSA) is 70.0 Å². The summed E-state index contributed by atoms with van der Waals surface area (Å²) >= 11 is 0. The lowest BCUT2D eigenvalue weighted by Crippen LogP contribution is -2.33. The first-order valence-corrected chi connectivity index (χ1v) is 9.53. The molecule has 0 radical (unpaired) electrons. The molecule has 0 atom stereocenters. The zero-order valence-electron chi connectivity index (χ0n) is 15.5. The highest BCUT2D eigenvalue weighted by molar-refractivity contribution is 5.94. The number of likely N-dealkylation sites (tertiary alicyclic amines) is 1. The Kier molecular flexibility index (Phi) is 5.03. The van der Waals surface area contributed by atoms with Crippen LogP contribution in [0.2, 0.25) is 0 Å². The van der Waals surface area contributed by atoms with E-state index in [2.05, 4.69) is 4.90 Å². The lowest BCUT2D eigenvalue weighted by Gasteiger charge is -2.25. The first-order chi connectivity index (χ1) is 13.2. The SMILES string of the molecule is CCn1cc(C(=O)OCCN2CCCCC2)c(=O)c2cc3c(cc21)OCO3. The van der Waals surface area contributed by atoms with Gasteiger partial charge in [0.1, 0.15) is 12.2 Å². The van der Waals surface area contributed by atoms with Gasteiger partial charge >= 0.3 is 5.97 Å². The molecular formula is C20H24N2O5. The average molecular weight is 372 g/mol. The number of ether oxygens (including phenoxy) is 3. The molecule has 4 rings (SSSR count). The Morgan fingerprint density at radius 2 is 1.89 bits per heavy atom. The fourth-order valence-electron chi connectivity index (χ4n) is 3.72. The summed E-state index contributed by atoms with van der Waals surface area (Å²) in [5, 5.41) is 0.437. The van der Waals surface area contributed by atoms with Crippen LogP contribution in [0.1, 0.15) is 36.5 Å². The summed E-state index contributed by atoms with van der Waals surface area (Å²) in [6, 6.07) is 3.44. The third kappa shape index (κ3) is 3.51. The molecule has 2 aromatic rings. The molecule has 0 amide bonds. The van der Waals surface area contributed by atoms with Crippen LogP contribution in [-0.2, 0) is 11.3 Å². The van der Waals surface area contributed by atoms with Gasteiger partial charge < -0.3 is 18.8 Å². The van der Waals surface area contributed by atoms with Crippen LogP contribution in [0.3, 0.4) is 0 Å². The summed E-state index contributed by atoms with van der Waals surface area (Å²) in [6.45, 7) is 5.80. The minimum atomic E-state index is -0.571. The maximum absolute atomic E-state index is 12.9. The molecule has 1 aromatic carbocycles. The first-order valence-electron chi connectivity index (χ1n) is 9.53. The summed E-state index contributed by atoms with van der Waals surface area (Å²) in [7, 11) is 0. The molecule has 0 saturated carbocycles. The number of esters is 1. The zero-order valence-corrected chi connectivity index (χ0v) is 15.5. The molecule has 0 spiro atoms. The summed E-state index contributed by atoms with van der Waals surface area (Å²) in [4.78, 5) is 27.7. The van der Waals surface area contributed by atoms with Gasteiger partial charge in [0.2, 0.25) is 12.2 Å². The van der Waals surface area contributed by atoms with Crippen LogP contribution >= 0.6 is 0 Å². The van der Waals surface area contributed by atoms with Crippen molar-refractivity contribution in [3.8, 4) is 11.5 Å². The van der Waals surface area contributed by atoms with Gasteiger partial charge in [-0.15, -0.1) is 0 Å². The van der Waals surface area contributed by atoms with Crippen molar-refractivity contribution in [1.82, 2.24) is 9.47 Å². The highest BCUT2D eigenvalue weighted by Gasteiger charge is 2.21. The van der Waals surface area contributed by atoms with E-state index in [-0.39, 0.29) is 17.8 Å². The Balaban J connectivity index is 1.57. The molecule has 0 unspecified atom stereocenters. The van der Waals surface area contributed by atoms with Crippen molar-refractivity contribution in [3.05, 3.63) is 34.1 Å². The molecule has 1 saturated heterocycles. The summed E-state index contributed by atoms with van der Waals surface area (Å²) < 4.78 is 18.0. The number of aromatic nitrogens is 1. The Morgan fingerprint density at radius 3 is 2.63 bits per heavy atom. The number of hydrogen-bond acceptors (Lipinski definition) is 6. The Morgan fingerprint density at radius 1 is 1.15 bits per heavy atom. The van der Waals surface area contributed by atoms with Gasteiger partial charge in [-0.2, -0.15) is 0 Å². The van der Waals surface area contributed by atoms with Gasteiger partial charge in [0, 0.05) is 25.4 Å². The predicted octanol–water partition coefficient (Wildman–Crippen LogP) is 2.39. The molecule has 0 bridgehead atoms. The van der Waals surface area contributed by atoms with Gasteiger partial charge in [0.05, 0.1) is 10.9 Å². The first kappa shape index (κ1) is 17.9. The molecule has 2 aliphatic rings. The van der Waals surface area contributed by atoms with E-state index in [0.29, 0.717) is 36.6 Å². The highest BCUT2D eigenvalue weighted by atomic mass is 16.7. The van der Waals surface area contributed by atoms with Crippen LogP contribution in [0.4, 0.5) is 0 Å².